The average molecular weight is 294 g/mol. The lowest BCUT2D eigenvalue weighted by Crippen LogP contribution is -2.13. The van der Waals surface area contributed by atoms with E-state index >= 15 is 0 Å². The Balaban J connectivity index is 2.23. The first-order chi connectivity index (χ1) is 10.6. The first kappa shape index (κ1) is 16.8. The molecule has 0 aliphatic heterocycles. The minimum Gasteiger partial charge on any atom is -0.0651 e. The van der Waals surface area contributed by atoms with E-state index in [1.807, 2.05) is 0 Å². The van der Waals surface area contributed by atoms with Gasteiger partial charge in [-0.05, 0) is 47.3 Å². The summed E-state index contributed by atoms with van der Waals surface area (Å²) >= 11 is 0. The summed E-state index contributed by atoms with van der Waals surface area (Å²) in [5, 5.41) is 0. The van der Waals surface area contributed by atoms with Gasteiger partial charge in [0.25, 0.3) is 0 Å². The maximum Gasteiger partial charge on any atom is -0.0130 e. The molecule has 0 saturated heterocycles. The molecular formula is C22H30. The smallest absolute Gasteiger partial charge is 0.0130 e. The van der Waals surface area contributed by atoms with Crippen molar-refractivity contribution in [1.29, 1.82) is 0 Å². The Morgan fingerprint density at radius 3 is 1.95 bits per heavy atom. The van der Waals surface area contributed by atoms with E-state index in [2.05, 4.69) is 82.3 Å². The molecule has 22 heavy (non-hydrogen) atoms. The van der Waals surface area contributed by atoms with E-state index in [0.717, 1.165) is 5.92 Å². The van der Waals surface area contributed by atoms with Gasteiger partial charge in [0.2, 0.25) is 0 Å². The molecule has 0 saturated carbocycles. The SMILES string of the molecule is CCC(C)C(CCc1ccccc1)c1ccccc1C(C)C. The fourth-order valence-corrected chi connectivity index (χ4v) is 3.37. The lowest BCUT2D eigenvalue weighted by atomic mass is 9.78. The number of hydrogen-bond donors (Lipinski definition) is 0. The molecule has 0 heteroatoms. The Hall–Kier alpha value is -1.56. The molecule has 0 bridgehead atoms. The van der Waals surface area contributed by atoms with Gasteiger partial charge in [0.1, 0.15) is 0 Å². The second-order valence-electron chi connectivity index (χ2n) is 6.80. The lowest BCUT2D eigenvalue weighted by molar-refractivity contribution is 0.419. The van der Waals surface area contributed by atoms with Gasteiger partial charge in [-0.1, -0.05) is 88.7 Å². The van der Waals surface area contributed by atoms with Crippen LogP contribution in [0.1, 0.15) is 69.1 Å². The van der Waals surface area contributed by atoms with Crippen LogP contribution >= 0.6 is 0 Å². The van der Waals surface area contributed by atoms with Gasteiger partial charge in [0.15, 0.2) is 0 Å². The monoisotopic (exact) mass is 294 g/mol. The van der Waals surface area contributed by atoms with E-state index in [1.54, 1.807) is 5.56 Å². The highest BCUT2D eigenvalue weighted by Gasteiger charge is 2.21. The molecule has 2 aromatic carbocycles. The molecule has 0 amide bonds. The van der Waals surface area contributed by atoms with Gasteiger partial charge in [0.05, 0.1) is 0 Å². The molecule has 0 heterocycles. The predicted octanol–water partition coefficient (Wildman–Crippen LogP) is 6.57. The molecule has 2 unspecified atom stereocenters. The van der Waals surface area contributed by atoms with Crippen molar-refractivity contribution in [2.45, 2.75) is 58.8 Å². The van der Waals surface area contributed by atoms with Crippen molar-refractivity contribution in [2.75, 3.05) is 0 Å². The molecule has 0 fully saturated rings. The fourth-order valence-electron chi connectivity index (χ4n) is 3.37. The fraction of sp³-hybridized carbons (Fsp3) is 0.455. The van der Waals surface area contributed by atoms with Crippen molar-refractivity contribution < 1.29 is 0 Å². The summed E-state index contributed by atoms with van der Waals surface area (Å²) in [7, 11) is 0. The third-order valence-electron chi connectivity index (χ3n) is 4.94. The standard InChI is InChI=1S/C22H30/c1-5-18(4)21(16-15-19-11-7-6-8-12-19)22-14-10-9-13-20(22)17(2)3/h6-14,17-18,21H,5,15-16H2,1-4H3. The summed E-state index contributed by atoms with van der Waals surface area (Å²) in [6.45, 7) is 9.35. The highest BCUT2D eigenvalue weighted by atomic mass is 14.3. The molecule has 0 spiro atoms. The molecule has 2 aromatic rings. The van der Waals surface area contributed by atoms with Gasteiger partial charge in [-0.2, -0.15) is 0 Å². The second-order valence-corrected chi connectivity index (χ2v) is 6.80. The van der Waals surface area contributed by atoms with Crippen molar-refractivity contribution in [3.05, 3.63) is 71.3 Å². The van der Waals surface area contributed by atoms with E-state index in [1.165, 1.54) is 30.4 Å². The molecule has 2 rings (SSSR count). The minimum absolute atomic E-state index is 0.597. The van der Waals surface area contributed by atoms with Crippen LogP contribution < -0.4 is 0 Å². The summed E-state index contributed by atoms with van der Waals surface area (Å²) in [4.78, 5) is 0. The largest absolute Gasteiger partial charge is 0.0651 e. The number of hydrogen-bond acceptors (Lipinski definition) is 0. The van der Waals surface area contributed by atoms with Crippen LogP contribution in [0.5, 0.6) is 0 Å². The van der Waals surface area contributed by atoms with Crippen LogP contribution in [-0.2, 0) is 6.42 Å². The zero-order valence-electron chi connectivity index (χ0n) is 14.5. The highest BCUT2D eigenvalue weighted by Crippen LogP contribution is 2.35. The zero-order chi connectivity index (χ0) is 15.9. The van der Waals surface area contributed by atoms with Crippen molar-refractivity contribution in [2.24, 2.45) is 5.92 Å². The number of rotatable bonds is 7. The number of aryl methyl sites for hydroxylation is 1. The summed E-state index contributed by atoms with van der Waals surface area (Å²) in [5.41, 5.74) is 4.56. The molecular weight excluding hydrogens is 264 g/mol. The second kappa shape index (κ2) is 8.17. The van der Waals surface area contributed by atoms with Crippen molar-refractivity contribution in [1.82, 2.24) is 0 Å². The van der Waals surface area contributed by atoms with E-state index in [-0.39, 0.29) is 0 Å². The summed E-state index contributed by atoms with van der Waals surface area (Å²) in [6, 6.07) is 20.0. The zero-order valence-corrected chi connectivity index (χ0v) is 14.5. The van der Waals surface area contributed by atoms with Crippen LogP contribution in [0.3, 0.4) is 0 Å². The highest BCUT2D eigenvalue weighted by molar-refractivity contribution is 5.33. The topological polar surface area (TPSA) is 0 Å². The molecule has 0 radical (unpaired) electrons. The third-order valence-corrected chi connectivity index (χ3v) is 4.94. The predicted molar refractivity (Wildman–Crippen MR) is 97.5 cm³/mol. The quantitative estimate of drug-likeness (QED) is 0.541. The van der Waals surface area contributed by atoms with Crippen LogP contribution in [0.25, 0.3) is 0 Å². The third kappa shape index (κ3) is 4.22. The molecule has 2 atom stereocenters. The minimum atomic E-state index is 0.597. The summed E-state index contributed by atoms with van der Waals surface area (Å²) in [5.74, 6) is 1.98. The first-order valence-corrected chi connectivity index (χ1v) is 8.76. The Kier molecular flexibility index (Phi) is 6.24. The Labute approximate surface area is 136 Å². The first-order valence-electron chi connectivity index (χ1n) is 8.76. The normalized spacial score (nSPS) is 14.0. The van der Waals surface area contributed by atoms with E-state index < -0.39 is 0 Å². The molecule has 118 valence electrons. The van der Waals surface area contributed by atoms with Gasteiger partial charge in [-0.15, -0.1) is 0 Å². The summed E-state index contributed by atoms with van der Waals surface area (Å²) in [6.07, 6.45) is 3.65. The van der Waals surface area contributed by atoms with Crippen molar-refractivity contribution in [3.8, 4) is 0 Å². The molecule has 0 N–H and O–H groups in total. The van der Waals surface area contributed by atoms with Gasteiger partial charge in [-0.25, -0.2) is 0 Å². The Morgan fingerprint density at radius 2 is 1.36 bits per heavy atom. The van der Waals surface area contributed by atoms with Gasteiger partial charge in [0, 0.05) is 0 Å². The van der Waals surface area contributed by atoms with Gasteiger partial charge in [-0.3, -0.25) is 0 Å². The van der Waals surface area contributed by atoms with Gasteiger partial charge < -0.3 is 0 Å². The van der Waals surface area contributed by atoms with Crippen LogP contribution in [0, 0.1) is 5.92 Å². The van der Waals surface area contributed by atoms with Crippen LogP contribution in [-0.4, -0.2) is 0 Å². The number of benzene rings is 2. The molecule has 0 nitrogen and oxygen atoms in total. The van der Waals surface area contributed by atoms with Crippen LogP contribution in [0.4, 0.5) is 0 Å². The van der Waals surface area contributed by atoms with Crippen LogP contribution in [0.15, 0.2) is 54.6 Å². The Bertz CT molecular complexity index is 553. The molecule has 0 aromatic heterocycles. The maximum absolute atomic E-state index is 2.41. The molecule has 0 aliphatic carbocycles. The van der Waals surface area contributed by atoms with E-state index in [4.69, 9.17) is 0 Å². The van der Waals surface area contributed by atoms with Crippen molar-refractivity contribution >= 4 is 0 Å². The van der Waals surface area contributed by atoms with Crippen LogP contribution in [0.2, 0.25) is 0 Å². The Morgan fingerprint density at radius 1 is 0.773 bits per heavy atom. The van der Waals surface area contributed by atoms with Crippen molar-refractivity contribution in [3.63, 3.8) is 0 Å². The average Bonchev–Trinajstić information content (AvgIpc) is 2.56. The van der Waals surface area contributed by atoms with E-state index in [0.29, 0.717) is 11.8 Å². The van der Waals surface area contributed by atoms with E-state index in [9.17, 15) is 0 Å². The maximum atomic E-state index is 2.41. The summed E-state index contributed by atoms with van der Waals surface area (Å²) < 4.78 is 0. The molecule has 0 aliphatic rings. The van der Waals surface area contributed by atoms with Gasteiger partial charge >= 0.3 is 0 Å². The lowest BCUT2D eigenvalue weighted by Gasteiger charge is -2.27.